The molecular formula is C12H13ClN2O3. The predicted octanol–water partition coefficient (Wildman–Crippen LogP) is 1.55. The molecular weight excluding hydrogens is 256 g/mol. The molecule has 0 spiro atoms. The number of aliphatic hydroxyl groups is 1. The molecule has 0 heterocycles. The number of rotatable bonds is 4. The van der Waals surface area contributed by atoms with Crippen LogP contribution in [-0.2, 0) is 9.53 Å². The number of anilines is 1. The summed E-state index contributed by atoms with van der Waals surface area (Å²) in [6.07, 6.45) is 0. The zero-order valence-electron chi connectivity index (χ0n) is 10.0. The number of halogens is 1. The number of nitrogens with zero attached hydrogens (tertiary/aromatic N) is 1. The first-order valence-electron chi connectivity index (χ1n) is 5.15. The van der Waals surface area contributed by atoms with Gasteiger partial charge in [0.1, 0.15) is 0 Å². The molecule has 5 nitrogen and oxygen atoms in total. The van der Waals surface area contributed by atoms with E-state index >= 15 is 0 Å². The Balaban J connectivity index is 2.81. The van der Waals surface area contributed by atoms with Gasteiger partial charge in [0, 0.05) is 0 Å². The lowest BCUT2D eigenvalue weighted by atomic mass is 10.1. The Morgan fingerprint density at radius 2 is 2.33 bits per heavy atom. The van der Waals surface area contributed by atoms with E-state index in [1.165, 1.54) is 20.1 Å². The van der Waals surface area contributed by atoms with Crippen LogP contribution >= 0.6 is 11.6 Å². The minimum absolute atomic E-state index is 0.0751. The third kappa shape index (κ3) is 3.36. The summed E-state index contributed by atoms with van der Waals surface area (Å²) in [6.45, 7) is 1.25. The van der Waals surface area contributed by atoms with Gasteiger partial charge in [-0.2, -0.15) is 5.26 Å². The van der Waals surface area contributed by atoms with Crippen molar-refractivity contribution in [3.8, 4) is 6.07 Å². The molecule has 0 aliphatic heterocycles. The van der Waals surface area contributed by atoms with E-state index in [9.17, 15) is 9.90 Å². The number of nitrogens with one attached hydrogen (secondary N) is 1. The highest BCUT2D eigenvalue weighted by Crippen LogP contribution is 2.23. The van der Waals surface area contributed by atoms with E-state index in [1.807, 2.05) is 6.07 Å². The first-order valence-corrected chi connectivity index (χ1v) is 5.53. The molecule has 0 fully saturated rings. The Bertz CT molecular complexity index is 495. The van der Waals surface area contributed by atoms with Crippen molar-refractivity contribution >= 4 is 23.3 Å². The van der Waals surface area contributed by atoms with Crippen molar-refractivity contribution < 1.29 is 14.6 Å². The van der Waals surface area contributed by atoms with Gasteiger partial charge in [-0.1, -0.05) is 11.6 Å². The van der Waals surface area contributed by atoms with Crippen LogP contribution in [0.2, 0.25) is 5.02 Å². The number of hydrogen-bond donors (Lipinski definition) is 2. The highest BCUT2D eigenvalue weighted by molar-refractivity contribution is 6.33. The largest absolute Gasteiger partial charge is 0.467 e. The average molecular weight is 269 g/mol. The molecule has 1 rings (SSSR count). The average Bonchev–Trinajstić information content (AvgIpc) is 2.36. The summed E-state index contributed by atoms with van der Waals surface area (Å²) in [6, 6.07) is 6.65. The molecule has 0 saturated heterocycles. The Labute approximate surface area is 110 Å². The van der Waals surface area contributed by atoms with Crippen molar-refractivity contribution in [1.82, 2.24) is 0 Å². The lowest BCUT2D eigenvalue weighted by molar-refractivity contribution is -0.158. The Morgan fingerprint density at radius 3 is 2.89 bits per heavy atom. The van der Waals surface area contributed by atoms with E-state index in [0.717, 1.165) is 0 Å². The smallest absolute Gasteiger partial charge is 0.339 e. The predicted molar refractivity (Wildman–Crippen MR) is 67.3 cm³/mol. The van der Waals surface area contributed by atoms with E-state index < -0.39 is 11.6 Å². The van der Waals surface area contributed by atoms with Crippen LogP contribution in [-0.4, -0.2) is 30.3 Å². The number of ether oxygens (including phenoxy) is 1. The van der Waals surface area contributed by atoms with Gasteiger partial charge in [-0.15, -0.1) is 0 Å². The van der Waals surface area contributed by atoms with E-state index in [1.54, 1.807) is 12.1 Å². The molecule has 6 heteroatoms. The van der Waals surface area contributed by atoms with Gasteiger partial charge in [0.05, 0.1) is 36.0 Å². The quantitative estimate of drug-likeness (QED) is 0.810. The molecule has 0 amide bonds. The van der Waals surface area contributed by atoms with E-state index in [4.69, 9.17) is 16.9 Å². The zero-order valence-corrected chi connectivity index (χ0v) is 10.8. The summed E-state index contributed by atoms with van der Waals surface area (Å²) in [5.41, 5.74) is -0.764. The van der Waals surface area contributed by atoms with Gasteiger partial charge >= 0.3 is 5.97 Å². The van der Waals surface area contributed by atoms with Crippen LogP contribution in [0.25, 0.3) is 0 Å². The SMILES string of the molecule is COC(=O)C(C)(O)CNc1cc(C#N)ccc1Cl. The van der Waals surface area contributed by atoms with Crippen LogP contribution < -0.4 is 5.32 Å². The molecule has 96 valence electrons. The number of methoxy groups -OCH3 is 1. The minimum Gasteiger partial charge on any atom is -0.467 e. The Morgan fingerprint density at radius 1 is 1.67 bits per heavy atom. The number of nitriles is 1. The Hall–Kier alpha value is -1.77. The summed E-state index contributed by atoms with van der Waals surface area (Å²) in [5.74, 6) is -0.748. The molecule has 1 aromatic rings. The number of benzene rings is 1. The summed E-state index contributed by atoms with van der Waals surface area (Å²) in [4.78, 5) is 11.3. The second-order valence-corrected chi connectivity index (χ2v) is 4.33. The number of hydrogen-bond acceptors (Lipinski definition) is 5. The third-order valence-corrected chi connectivity index (χ3v) is 2.67. The maximum atomic E-state index is 11.3. The van der Waals surface area contributed by atoms with E-state index in [-0.39, 0.29) is 6.54 Å². The molecule has 0 bridgehead atoms. The van der Waals surface area contributed by atoms with Crippen LogP contribution in [0.1, 0.15) is 12.5 Å². The fourth-order valence-electron chi connectivity index (χ4n) is 1.29. The Kier molecular flexibility index (Phi) is 4.54. The normalized spacial score (nSPS) is 13.3. The van der Waals surface area contributed by atoms with Gasteiger partial charge in [-0.3, -0.25) is 0 Å². The number of carbonyl (C=O) groups excluding carboxylic acids is 1. The lowest BCUT2D eigenvalue weighted by Crippen LogP contribution is -2.42. The molecule has 1 aromatic carbocycles. The number of carbonyl (C=O) groups is 1. The van der Waals surface area contributed by atoms with Gasteiger partial charge in [0.2, 0.25) is 0 Å². The van der Waals surface area contributed by atoms with Gasteiger partial charge < -0.3 is 15.2 Å². The molecule has 0 saturated carbocycles. The maximum absolute atomic E-state index is 11.3. The standard InChI is InChI=1S/C12H13ClN2O3/c1-12(17,11(16)18-2)7-15-10-5-8(6-14)3-4-9(10)13/h3-5,15,17H,7H2,1-2H3. The van der Waals surface area contributed by atoms with Gasteiger partial charge in [0.25, 0.3) is 0 Å². The molecule has 1 unspecified atom stereocenters. The van der Waals surface area contributed by atoms with Crippen LogP contribution in [0, 0.1) is 11.3 Å². The molecule has 1 atom stereocenters. The van der Waals surface area contributed by atoms with Gasteiger partial charge in [0.15, 0.2) is 5.60 Å². The lowest BCUT2D eigenvalue weighted by Gasteiger charge is -2.21. The monoisotopic (exact) mass is 268 g/mol. The van der Waals surface area contributed by atoms with Crippen LogP contribution in [0.5, 0.6) is 0 Å². The highest BCUT2D eigenvalue weighted by atomic mass is 35.5. The molecule has 2 N–H and O–H groups in total. The van der Waals surface area contributed by atoms with Gasteiger partial charge in [-0.25, -0.2) is 4.79 Å². The topological polar surface area (TPSA) is 82.3 Å². The highest BCUT2D eigenvalue weighted by Gasteiger charge is 2.31. The van der Waals surface area contributed by atoms with E-state index in [2.05, 4.69) is 10.1 Å². The first kappa shape index (κ1) is 14.3. The fraction of sp³-hybridized carbons (Fsp3) is 0.333. The summed E-state index contributed by atoms with van der Waals surface area (Å²) < 4.78 is 4.46. The second kappa shape index (κ2) is 5.71. The van der Waals surface area contributed by atoms with Crippen molar-refractivity contribution in [2.75, 3.05) is 19.0 Å². The molecule has 0 radical (unpaired) electrons. The van der Waals surface area contributed by atoms with Crippen LogP contribution in [0.4, 0.5) is 5.69 Å². The molecule has 0 aliphatic rings. The van der Waals surface area contributed by atoms with Crippen molar-refractivity contribution in [3.63, 3.8) is 0 Å². The van der Waals surface area contributed by atoms with Crippen molar-refractivity contribution in [1.29, 1.82) is 5.26 Å². The molecule has 0 aromatic heterocycles. The van der Waals surface area contributed by atoms with Crippen LogP contribution in [0.15, 0.2) is 18.2 Å². The summed E-state index contributed by atoms with van der Waals surface area (Å²) in [7, 11) is 1.19. The first-order chi connectivity index (χ1) is 8.40. The summed E-state index contributed by atoms with van der Waals surface area (Å²) >= 11 is 5.93. The minimum atomic E-state index is -1.67. The molecule has 0 aliphatic carbocycles. The second-order valence-electron chi connectivity index (χ2n) is 3.93. The van der Waals surface area contributed by atoms with Gasteiger partial charge in [-0.05, 0) is 25.1 Å². The zero-order chi connectivity index (χ0) is 13.8. The van der Waals surface area contributed by atoms with Crippen molar-refractivity contribution in [2.24, 2.45) is 0 Å². The van der Waals surface area contributed by atoms with Crippen molar-refractivity contribution in [2.45, 2.75) is 12.5 Å². The fourth-order valence-corrected chi connectivity index (χ4v) is 1.47. The van der Waals surface area contributed by atoms with Crippen molar-refractivity contribution in [3.05, 3.63) is 28.8 Å². The van der Waals surface area contributed by atoms with Crippen LogP contribution in [0.3, 0.4) is 0 Å². The third-order valence-electron chi connectivity index (χ3n) is 2.34. The maximum Gasteiger partial charge on any atom is 0.339 e. The molecule has 18 heavy (non-hydrogen) atoms. The van der Waals surface area contributed by atoms with E-state index in [0.29, 0.717) is 16.3 Å². The summed E-state index contributed by atoms with van der Waals surface area (Å²) in [5, 5.41) is 21.8. The number of esters is 1.